The van der Waals surface area contributed by atoms with Crippen LogP contribution >= 0.6 is 0 Å². The van der Waals surface area contributed by atoms with Crippen molar-refractivity contribution >= 4 is 11.8 Å². The van der Waals surface area contributed by atoms with Crippen molar-refractivity contribution in [2.45, 2.75) is 68.9 Å². The molecule has 1 unspecified atom stereocenters. The number of halogens is 4. The topological polar surface area (TPSA) is 103 Å². The van der Waals surface area contributed by atoms with Crippen LogP contribution in [0.4, 0.5) is 17.6 Å². The number of hydrogen-bond donors (Lipinski definition) is 2. The van der Waals surface area contributed by atoms with Gasteiger partial charge < -0.3 is 15.0 Å². The number of piperidine rings is 2. The summed E-state index contributed by atoms with van der Waals surface area (Å²) in [6, 6.07) is 0.806. The first-order valence-electron chi connectivity index (χ1n) is 12.7. The molecule has 5 heterocycles. The molecule has 3 saturated heterocycles. The maximum absolute atomic E-state index is 14.3. The van der Waals surface area contributed by atoms with Crippen LogP contribution in [-0.2, 0) is 4.79 Å². The van der Waals surface area contributed by atoms with Gasteiger partial charge in [-0.3, -0.25) is 19.6 Å². The van der Waals surface area contributed by atoms with E-state index in [9.17, 15) is 27.2 Å². The van der Waals surface area contributed by atoms with Crippen LogP contribution in [0.1, 0.15) is 49.0 Å². The van der Waals surface area contributed by atoms with Crippen molar-refractivity contribution in [3.8, 4) is 17.1 Å². The van der Waals surface area contributed by atoms with E-state index in [0.29, 0.717) is 18.5 Å². The van der Waals surface area contributed by atoms with Crippen molar-refractivity contribution in [1.82, 2.24) is 30.3 Å². The van der Waals surface area contributed by atoms with Gasteiger partial charge in [0.15, 0.2) is 11.5 Å². The van der Waals surface area contributed by atoms with E-state index in [2.05, 4.69) is 20.5 Å². The van der Waals surface area contributed by atoms with Crippen molar-refractivity contribution in [2.75, 3.05) is 20.7 Å². The Balaban J connectivity index is 1.21. The Kier molecular flexibility index (Phi) is 7.05. The van der Waals surface area contributed by atoms with Gasteiger partial charge in [0.25, 0.3) is 5.91 Å². The molecule has 2 amide bonds. The molecule has 2 bridgehead atoms. The molecule has 2 aromatic rings. The maximum Gasteiger partial charge on any atom is 0.404 e. The number of amides is 2. The normalized spacial score (nSPS) is 27.8. The number of likely N-dealkylation sites (N-methyl/N-ethyl adjacent to an activating group) is 1. The second-order valence-electron chi connectivity index (χ2n) is 10.4. The first kappa shape index (κ1) is 26.4. The number of hydrogen-bond acceptors (Lipinski definition) is 6. The largest absolute Gasteiger partial charge is 0.481 e. The van der Waals surface area contributed by atoms with Gasteiger partial charge in [-0.25, -0.2) is 9.37 Å². The van der Waals surface area contributed by atoms with Crippen molar-refractivity contribution in [1.29, 1.82) is 0 Å². The third-order valence-electron chi connectivity index (χ3n) is 8.02. The van der Waals surface area contributed by atoms with E-state index in [-0.39, 0.29) is 72.4 Å². The van der Waals surface area contributed by atoms with Crippen LogP contribution in [0.15, 0.2) is 18.3 Å². The van der Waals surface area contributed by atoms with E-state index in [4.69, 9.17) is 4.74 Å². The molecule has 0 saturated carbocycles. The molecule has 13 heteroatoms. The van der Waals surface area contributed by atoms with E-state index >= 15 is 0 Å². The van der Waals surface area contributed by atoms with Crippen molar-refractivity contribution < 1.29 is 31.9 Å². The lowest BCUT2D eigenvalue weighted by Crippen LogP contribution is -2.56. The minimum absolute atomic E-state index is 0.0506. The smallest absolute Gasteiger partial charge is 0.404 e. The average molecular weight is 539 g/mol. The average Bonchev–Trinajstić information content (AvgIpc) is 3.45. The highest BCUT2D eigenvalue weighted by Crippen LogP contribution is 2.40. The van der Waals surface area contributed by atoms with Crippen LogP contribution in [0.3, 0.4) is 0 Å². The summed E-state index contributed by atoms with van der Waals surface area (Å²) in [5, 5.41) is 9.78. The number of pyridine rings is 1. The molecule has 2 N–H and O–H groups in total. The highest BCUT2D eigenvalue weighted by Gasteiger charge is 2.47. The first-order chi connectivity index (χ1) is 18.0. The zero-order chi connectivity index (χ0) is 27.2. The SMILES string of the molecule is COc1cc(-c2cc(C(=O)N3[C@@H]4CC[C@H]3CC(C(=O)N[C@H]3CC[C@@H](C(F)(F)F)N(C)C3)C4)n[nH]2)c(F)cn1. The number of fused-ring (bicyclic) bond motifs is 2. The number of aromatic amines is 1. The molecule has 3 fully saturated rings. The molecule has 5 atom stereocenters. The highest BCUT2D eigenvalue weighted by atomic mass is 19.4. The molecule has 0 aliphatic carbocycles. The van der Waals surface area contributed by atoms with E-state index in [1.807, 2.05) is 0 Å². The summed E-state index contributed by atoms with van der Waals surface area (Å²) in [6.07, 6.45) is -0.547. The van der Waals surface area contributed by atoms with E-state index in [1.165, 1.54) is 31.2 Å². The Morgan fingerprint density at radius 3 is 2.47 bits per heavy atom. The van der Waals surface area contributed by atoms with Crippen molar-refractivity contribution in [2.24, 2.45) is 5.92 Å². The Morgan fingerprint density at radius 2 is 1.84 bits per heavy atom. The van der Waals surface area contributed by atoms with Gasteiger partial charge in [0.1, 0.15) is 6.04 Å². The molecule has 0 aromatic carbocycles. The van der Waals surface area contributed by atoms with Gasteiger partial charge in [0.2, 0.25) is 11.8 Å². The number of aromatic nitrogens is 3. The Bertz CT molecular complexity index is 1190. The zero-order valence-corrected chi connectivity index (χ0v) is 21.1. The number of alkyl halides is 3. The number of carbonyl (C=O) groups excluding carboxylic acids is 2. The molecular weight excluding hydrogens is 508 g/mol. The van der Waals surface area contributed by atoms with Crippen LogP contribution in [-0.4, -0.2) is 87.8 Å². The maximum atomic E-state index is 14.3. The molecule has 2 aromatic heterocycles. The number of nitrogens with zero attached hydrogens (tertiary/aromatic N) is 4. The number of rotatable bonds is 5. The summed E-state index contributed by atoms with van der Waals surface area (Å²) in [5.74, 6) is -1.12. The molecule has 206 valence electrons. The zero-order valence-electron chi connectivity index (χ0n) is 21.1. The third-order valence-corrected chi connectivity index (χ3v) is 8.02. The number of methoxy groups -OCH3 is 1. The fraction of sp³-hybridized carbons (Fsp3) is 0.600. The Hall–Kier alpha value is -3.22. The fourth-order valence-corrected chi connectivity index (χ4v) is 6.16. The van der Waals surface area contributed by atoms with Gasteiger partial charge in [-0.15, -0.1) is 0 Å². The number of carbonyl (C=O) groups is 2. The number of H-pyrrole nitrogens is 1. The van der Waals surface area contributed by atoms with E-state index in [0.717, 1.165) is 19.0 Å². The minimum Gasteiger partial charge on any atom is -0.481 e. The van der Waals surface area contributed by atoms with Crippen molar-refractivity contribution in [3.63, 3.8) is 0 Å². The van der Waals surface area contributed by atoms with E-state index in [1.54, 1.807) is 4.90 Å². The van der Waals surface area contributed by atoms with Gasteiger partial charge in [-0.05, 0) is 51.6 Å². The third kappa shape index (κ3) is 5.07. The second kappa shape index (κ2) is 10.2. The van der Waals surface area contributed by atoms with E-state index < -0.39 is 18.0 Å². The Labute approximate surface area is 216 Å². The lowest BCUT2D eigenvalue weighted by molar-refractivity contribution is -0.188. The summed E-state index contributed by atoms with van der Waals surface area (Å²) in [7, 11) is 2.85. The van der Waals surface area contributed by atoms with Crippen LogP contribution in [0, 0.1) is 11.7 Å². The fourth-order valence-electron chi connectivity index (χ4n) is 6.16. The van der Waals surface area contributed by atoms with Crippen molar-refractivity contribution in [3.05, 3.63) is 29.8 Å². The predicted molar refractivity (Wildman–Crippen MR) is 128 cm³/mol. The van der Waals surface area contributed by atoms with Crippen LogP contribution in [0.25, 0.3) is 11.3 Å². The summed E-state index contributed by atoms with van der Waals surface area (Å²) in [5.41, 5.74) is 0.648. The molecule has 3 aliphatic rings. The predicted octanol–water partition coefficient (Wildman–Crippen LogP) is 3.14. The molecule has 0 radical (unpaired) electrons. The van der Waals surface area contributed by atoms with Gasteiger partial charge in [0.05, 0.1) is 19.0 Å². The lowest BCUT2D eigenvalue weighted by atomic mass is 9.89. The van der Waals surface area contributed by atoms with Gasteiger partial charge in [-0.2, -0.15) is 18.3 Å². The summed E-state index contributed by atoms with van der Waals surface area (Å²) >= 11 is 0. The molecule has 3 aliphatic heterocycles. The number of nitrogens with one attached hydrogen (secondary N) is 2. The molecular formula is C25H30F4N6O3. The summed E-state index contributed by atoms with van der Waals surface area (Å²) < 4.78 is 58.8. The highest BCUT2D eigenvalue weighted by molar-refractivity contribution is 5.94. The minimum atomic E-state index is -4.28. The van der Waals surface area contributed by atoms with Gasteiger partial charge >= 0.3 is 6.18 Å². The lowest BCUT2D eigenvalue weighted by Gasteiger charge is -2.40. The molecule has 5 rings (SSSR count). The molecule has 9 nitrogen and oxygen atoms in total. The van der Waals surface area contributed by atoms with Crippen LogP contribution < -0.4 is 10.1 Å². The van der Waals surface area contributed by atoms with Gasteiger partial charge in [-0.1, -0.05) is 0 Å². The summed E-state index contributed by atoms with van der Waals surface area (Å²) in [6.45, 7) is 0.144. The quantitative estimate of drug-likeness (QED) is 0.567. The first-order valence-corrected chi connectivity index (χ1v) is 12.7. The van der Waals surface area contributed by atoms with Crippen LogP contribution in [0.5, 0.6) is 5.88 Å². The Morgan fingerprint density at radius 1 is 1.13 bits per heavy atom. The molecule has 0 spiro atoms. The molecule has 38 heavy (non-hydrogen) atoms. The second-order valence-corrected chi connectivity index (χ2v) is 10.4. The standard InChI is InChI=1S/C25H30F4N6O3/c1-34-12-14(3-6-21(34)25(27,28)29)31-23(36)13-7-15-4-5-16(8-13)35(15)24(37)20-10-19(32-33-20)17-9-22(38-2)30-11-18(17)26/h9-11,13-16,21H,3-8,12H2,1-2H3,(H,31,36)(H,32,33)/t13?,14-,15-,16+,21-/m0/s1. The monoisotopic (exact) mass is 538 g/mol. The number of likely N-dealkylation sites (tertiary alicyclic amines) is 1. The van der Waals surface area contributed by atoms with Crippen LogP contribution in [0.2, 0.25) is 0 Å². The van der Waals surface area contributed by atoms with Gasteiger partial charge in [0, 0.05) is 42.2 Å². The number of ether oxygens (including phenoxy) is 1. The summed E-state index contributed by atoms with van der Waals surface area (Å²) in [4.78, 5) is 33.2.